The van der Waals surface area contributed by atoms with Crippen molar-refractivity contribution in [2.24, 2.45) is 5.73 Å². The van der Waals surface area contributed by atoms with Crippen molar-refractivity contribution in [1.29, 1.82) is 0 Å². The molecule has 0 aliphatic rings. The molecule has 0 saturated carbocycles. The van der Waals surface area contributed by atoms with Gasteiger partial charge in [-0.25, -0.2) is 13.9 Å². The van der Waals surface area contributed by atoms with Gasteiger partial charge in [0.25, 0.3) is 0 Å². The maximum absolute atomic E-state index is 12.8. The molecule has 0 unspecified atom stereocenters. The predicted molar refractivity (Wildman–Crippen MR) is 72.8 cm³/mol. The van der Waals surface area contributed by atoms with E-state index in [9.17, 15) is 4.39 Å². The molecule has 2 aromatic heterocycles. The van der Waals surface area contributed by atoms with Gasteiger partial charge in [-0.1, -0.05) is 23.5 Å². The number of aromatic nitrogens is 3. The summed E-state index contributed by atoms with van der Waals surface area (Å²) in [5.41, 5.74) is 7.51. The Hall–Kier alpha value is -1.79. The number of halogens is 1. The number of benzene rings is 1. The predicted octanol–water partition coefficient (Wildman–Crippen LogP) is 2.02. The van der Waals surface area contributed by atoms with Crippen molar-refractivity contribution in [3.8, 4) is 0 Å². The smallest absolute Gasteiger partial charge is 0.212 e. The first-order chi connectivity index (χ1) is 9.24. The van der Waals surface area contributed by atoms with E-state index in [2.05, 4.69) is 10.1 Å². The standard InChI is InChI=1S/C13H13FN4S/c14-10-3-1-9(2-4-10)7-12-17-18-8-11(5-6-15)16-13(18)19-12/h1-4,8H,5-7,15H2. The molecule has 0 bridgehead atoms. The van der Waals surface area contributed by atoms with E-state index in [0.717, 1.165) is 27.6 Å². The lowest BCUT2D eigenvalue weighted by Gasteiger charge is -1.96. The van der Waals surface area contributed by atoms with Crippen LogP contribution in [0, 0.1) is 5.82 Å². The van der Waals surface area contributed by atoms with Crippen molar-refractivity contribution >= 4 is 16.3 Å². The molecular formula is C13H13FN4S. The van der Waals surface area contributed by atoms with Crippen LogP contribution < -0.4 is 5.73 Å². The van der Waals surface area contributed by atoms with E-state index in [-0.39, 0.29) is 5.82 Å². The van der Waals surface area contributed by atoms with Crippen LogP contribution in [0.4, 0.5) is 4.39 Å². The zero-order valence-corrected chi connectivity index (χ0v) is 11.0. The largest absolute Gasteiger partial charge is 0.330 e. The Balaban J connectivity index is 1.81. The molecule has 0 radical (unpaired) electrons. The Bertz CT molecular complexity index is 655. The second-order valence-corrected chi connectivity index (χ2v) is 5.34. The molecule has 3 rings (SSSR count). The van der Waals surface area contributed by atoms with Crippen LogP contribution >= 0.6 is 11.3 Å². The summed E-state index contributed by atoms with van der Waals surface area (Å²) in [6.45, 7) is 0.591. The molecule has 2 heterocycles. The molecule has 2 N–H and O–H groups in total. The highest BCUT2D eigenvalue weighted by Gasteiger charge is 2.08. The quantitative estimate of drug-likeness (QED) is 0.793. The van der Waals surface area contributed by atoms with Crippen LogP contribution in [-0.4, -0.2) is 21.1 Å². The lowest BCUT2D eigenvalue weighted by molar-refractivity contribution is 0.627. The van der Waals surface area contributed by atoms with Crippen molar-refractivity contribution in [2.45, 2.75) is 12.8 Å². The summed E-state index contributed by atoms with van der Waals surface area (Å²) in [6.07, 6.45) is 3.37. The molecule has 3 aromatic rings. The first-order valence-corrected chi connectivity index (χ1v) is 6.85. The summed E-state index contributed by atoms with van der Waals surface area (Å²) < 4.78 is 14.6. The van der Waals surface area contributed by atoms with Crippen LogP contribution in [0.25, 0.3) is 4.96 Å². The molecule has 4 nitrogen and oxygen atoms in total. The maximum Gasteiger partial charge on any atom is 0.212 e. The summed E-state index contributed by atoms with van der Waals surface area (Å²) in [5.74, 6) is -0.218. The summed E-state index contributed by atoms with van der Waals surface area (Å²) in [6, 6.07) is 6.49. The lowest BCUT2D eigenvalue weighted by atomic mass is 10.2. The van der Waals surface area contributed by atoms with Gasteiger partial charge in [0.05, 0.1) is 11.9 Å². The molecule has 0 aliphatic heterocycles. The van der Waals surface area contributed by atoms with Crippen molar-refractivity contribution in [2.75, 3.05) is 6.54 Å². The van der Waals surface area contributed by atoms with Gasteiger partial charge in [-0.05, 0) is 24.2 Å². The first kappa shape index (κ1) is 12.3. The summed E-state index contributed by atoms with van der Waals surface area (Å²) in [4.78, 5) is 5.33. The number of hydrogen-bond acceptors (Lipinski definition) is 4. The number of rotatable bonds is 4. The van der Waals surface area contributed by atoms with Crippen LogP contribution in [0.1, 0.15) is 16.3 Å². The molecule has 19 heavy (non-hydrogen) atoms. The molecule has 6 heteroatoms. The number of fused-ring (bicyclic) bond motifs is 1. The minimum absolute atomic E-state index is 0.218. The highest BCUT2D eigenvalue weighted by Crippen LogP contribution is 2.18. The van der Waals surface area contributed by atoms with Gasteiger partial charge in [0, 0.05) is 12.8 Å². The van der Waals surface area contributed by atoms with E-state index in [1.807, 2.05) is 6.20 Å². The van der Waals surface area contributed by atoms with E-state index in [0.29, 0.717) is 13.0 Å². The van der Waals surface area contributed by atoms with Gasteiger partial charge < -0.3 is 5.73 Å². The fourth-order valence-corrected chi connectivity index (χ4v) is 2.83. The molecule has 0 atom stereocenters. The van der Waals surface area contributed by atoms with Crippen molar-refractivity contribution in [3.05, 3.63) is 52.5 Å². The summed E-state index contributed by atoms with van der Waals surface area (Å²) in [7, 11) is 0. The van der Waals surface area contributed by atoms with Gasteiger partial charge in [-0.2, -0.15) is 5.10 Å². The molecule has 0 saturated heterocycles. The molecular weight excluding hydrogens is 263 g/mol. The normalized spacial score (nSPS) is 11.3. The second-order valence-electron chi connectivity index (χ2n) is 4.30. The van der Waals surface area contributed by atoms with E-state index >= 15 is 0 Å². The SMILES string of the molecule is NCCc1cn2nc(Cc3ccc(F)cc3)sc2n1. The van der Waals surface area contributed by atoms with Gasteiger partial charge in [0.15, 0.2) is 0 Å². The Morgan fingerprint density at radius 2 is 2.05 bits per heavy atom. The Kier molecular flexibility index (Phi) is 3.27. The van der Waals surface area contributed by atoms with E-state index in [1.54, 1.807) is 28.0 Å². The molecule has 1 aromatic carbocycles. The number of imidazole rings is 1. The van der Waals surface area contributed by atoms with Crippen molar-refractivity contribution in [1.82, 2.24) is 14.6 Å². The molecule has 0 aliphatic carbocycles. The Morgan fingerprint density at radius 1 is 1.26 bits per heavy atom. The van der Waals surface area contributed by atoms with Crippen molar-refractivity contribution in [3.63, 3.8) is 0 Å². The van der Waals surface area contributed by atoms with Crippen LogP contribution in [0.5, 0.6) is 0 Å². The van der Waals surface area contributed by atoms with E-state index in [4.69, 9.17) is 5.73 Å². The average molecular weight is 276 g/mol. The third-order valence-electron chi connectivity index (χ3n) is 2.80. The number of nitrogens with two attached hydrogens (primary N) is 1. The monoisotopic (exact) mass is 276 g/mol. The van der Waals surface area contributed by atoms with Crippen LogP contribution in [0.15, 0.2) is 30.5 Å². The first-order valence-electron chi connectivity index (χ1n) is 6.03. The van der Waals surface area contributed by atoms with Crippen molar-refractivity contribution < 1.29 is 4.39 Å². The molecule has 0 fully saturated rings. The van der Waals surface area contributed by atoms with Gasteiger partial charge in [0.2, 0.25) is 4.96 Å². The molecule has 0 amide bonds. The third kappa shape index (κ3) is 2.64. The minimum Gasteiger partial charge on any atom is -0.330 e. The second kappa shape index (κ2) is 5.07. The van der Waals surface area contributed by atoms with Gasteiger partial charge in [0.1, 0.15) is 10.8 Å². The van der Waals surface area contributed by atoms with Gasteiger partial charge >= 0.3 is 0 Å². The third-order valence-corrected chi connectivity index (χ3v) is 3.73. The van der Waals surface area contributed by atoms with Gasteiger partial charge in [-0.3, -0.25) is 0 Å². The Morgan fingerprint density at radius 3 is 2.74 bits per heavy atom. The maximum atomic E-state index is 12.8. The highest BCUT2D eigenvalue weighted by molar-refractivity contribution is 7.16. The fraction of sp³-hybridized carbons (Fsp3) is 0.231. The number of hydrogen-bond donors (Lipinski definition) is 1. The fourth-order valence-electron chi connectivity index (χ4n) is 1.90. The topological polar surface area (TPSA) is 56.2 Å². The van der Waals surface area contributed by atoms with E-state index in [1.165, 1.54) is 12.1 Å². The average Bonchev–Trinajstić information content (AvgIpc) is 2.90. The highest BCUT2D eigenvalue weighted by atomic mass is 32.1. The van der Waals surface area contributed by atoms with Gasteiger partial charge in [-0.15, -0.1) is 0 Å². The van der Waals surface area contributed by atoms with E-state index < -0.39 is 0 Å². The zero-order chi connectivity index (χ0) is 13.2. The lowest BCUT2D eigenvalue weighted by Crippen LogP contribution is -2.02. The summed E-state index contributed by atoms with van der Waals surface area (Å²) in [5, 5.41) is 5.44. The molecule has 98 valence electrons. The minimum atomic E-state index is -0.218. The van der Waals surface area contributed by atoms with Crippen LogP contribution in [0.3, 0.4) is 0 Å². The van der Waals surface area contributed by atoms with Crippen LogP contribution in [0.2, 0.25) is 0 Å². The van der Waals surface area contributed by atoms with Crippen LogP contribution in [-0.2, 0) is 12.8 Å². The zero-order valence-electron chi connectivity index (χ0n) is 10.2. The summed E-state index contributed by atoms with van der Waals surface area (Å²) >= 11 is 1.55. The Labute approximate surface area is 113 Å². The molecule has 0 spiro atoms. The number of nitrogens with zero attached hydrogens (tertiary/aromatic N) is 3.